The zero-order valence-electron chi connectivity index (χ0n) is 15.0. The van der Waals surface area contributed by atoms with E-state index in [2.05, 4.69) is 20.3 Å². The molecule has 0 unspecified atom stereocenters. The highest BCUT2D eigenvalue weighted by atomic mass is 32.2. The van der Waals surface area contributed by atoms with E-state index in [0.29, 0.717) is 45.5 Å². The van der Waals surface area contributed by atoms with Crippen LogP contribution in [0.5, 0.6) is 11.5 Å². The highest BCUT2D eigenvalue weighted by Crippen LogP contribution is 2.33. The van der Waals surface area contributed by atoms with Gasteiger partial charge in [-0.3, -0.25) is 0 Å². The van der Waals surface area contributed by atoms with E-state index < -0.39 is 0 Å². The number of benzene rings is 1. The third-order valence-electron chi connectivity index (χ3n) is 3.85. The van der Waals surface area contributed by atoms with Crippen molar-refractivity contribution >= 4 is 23.1 Å². The van der Waals surface area contributed by atoms with Gasteiger partial charge >= 0.3 is 0 Å². The van der Waals surface area contributed by atoms with Crippen LogP contribution in [0.15, 0.2) is 45.4 Å². The molecule has 3 aromatic heterocycles. The molecule has 0 aliphatic rings. The maximum Gasteiger partial charge on any atom is 0.237 e. The predicted octanol–water partition coefficient (Wildman–Crippen LogP) is 3.08. The molecule has 1 aromatic carbocycles. The van der Waals surface area contributed by atoms with Gasteiger partial charge in [-0.15, -0.1) is 21.5 Å². The van der Waals surface area contributed by atoms with Crippen LogP contribution in [0.25, 0.3) is 22.1 Å². The van der Waals surface area contributed by atoms with Crippen molar-refractivity contribution in [3.8, 4) is 33.6 Å². The van der Waals surface area contributed by atoms with E-state index in [9.17, 15) is 0 Å². The van der Waals surface area contributed by atoms with E-state index in [1.807, 2.05) is 29.6 Å². The van der Waals surface area contributed by atoms with Crippen LogP contribution in [0, 0.1) is 0 Å². The smallest absolute Gasteiger partial charge is 0.237 e. The van der Waals surface area contributed by atoms with Gasteiger partial charge in [-0.25, -0.2) is 4.68 Å². The summed E-state index contributed by atoms with van der Waals surface area (Å²) in [6.45, 7) is 0. The summed E-state index contributed by atoms with van der Waals surface area (Å²) in [4.78, 5) is 5.34. The summed E-state index contributed by atoms with van der Waals surface area (Å²) in [6, 6.07) is 9.28. The molecule has 28 heavy (non-hydrogen) atoms. The third-order valence-corrected chi connectivity index (χ3v) is 5.64. The molecular formula is C17H16N6O3S2. The Balaban J connectivity index is 1.51. The highest BCUT2D eigenvalue weighted by Gasteiger charge is 2.18. The fraction of sp³-hybridized carbons (Fsp3) is 0.176. The van der Waals surface area contributed by atoms with Gasteiger partial charge in [-0.05, 0) is 23.6 Å². The molecule has 0 aliphatic carbocycles. The molecule has 11 heteroatoms. The van der Waals surface area contributed by atoms with E-state index in [1.165, 1.54) is 16.4 Å². The van der Waals surface area contributed by atoms with Gasteiger partial charge in [0.1, 0.15) is 11.5 Å². The van der Waals surface area contributed by atoms with Gasteiger partial charge in [0.25, 0.3) is 0 Å². The lowest BCUT2D eigenvalue weighted by Gasteiger charge is -2.09. The first-order valence-corrected chi connectivity index (χ1v) is 9.98. The van der Waals surface area contributed by atoms with Gasteiger partial charge in [0, 0.05) is 6.07 Å². The molecule has 2 N–H and O–H groups in total. The molecule has 0 aliphatic heterocycles. The number of nitrogens with zero attached hydrogens (tertiary/aromatic N) is 5. The van der Waals surface area contributed by atoms with Gasteiger partial charge in [-0.2, -0.15) is 4.98 Å². The number of nitrogen functional groups attached to an aromatic ring is 1. The van der Waals surface area contributed by atoms with Crippen LogP contribution in [0.3, 0.4) is 0 Å². The lowest BCUT2D eigenvalue weighted by Crippen LogP contribution is -2.12. The fourth-order valence-electron chi connectivity index (χ4n) is 2.49. The SMILES string of the molecule is COc1ccc(-c2nnc(SCc3nc(-c4cccs4)no3)n2N)c(OC)c1. The van der Waals surface area contributed by atoms with Gasteiger partial charge < -0.3 is 19.8 Å². The van der Waals surface area contributed by atoms with Crippen molar-refractivity contribution in [2.75, 3.05) is 20.1 Å². The second kappa shape index (κ2) is 7.90. The Morgan fingerprint density at radius 1 is 1.21 bits per heavy atom. The van der Waals surface area contributed by atoms with Crippen LogP contribution in [0.2, 0.25) is 0 Å². The summed E-state index contributed by atoms with van der Waals surface area (Å²) in [7, 11) is 3.17. The summed E-state index contributed by atoms with van der Waals surface area (Å²) < 4.78 is 17.3. The van der Waals surface area contributed by atoms with E-state index in [-0.39, 0.29) is 0 Å². The third kappa shape index (κ3) is 3.53. The van der Waals surface area contributed by atoms with Crippen molar-refractivity contribution in [2.45, 2.75) is 10.9 Å². The highest BCUT2D eigenvalue weighted by molar-refractivity contribution is 7.98. The van der Waals surface area contributed by atoms with Gasteiger partial charge in [0.15, 0.2) is 5.82 Å². The van der Waals surface area contributed by atoms with E-state index in [1.54, 1.807) is 31.6 Å². The molecule has 144 valence electrons. The molecule has 0 amide bonds. The zero-order valence-corrected chi connectivity index (χ0v) is 16.7. The molecule has 0 saturated heterocycles. The van der Waals surface area contributed by atoms with Gasteiger partial charge in [-0.1, -0.05) is 23.0 Å². The van der Waals surface area contributed by atoms with E-state index in [0.717, 1.165) is 4.88 Å². The van der Waals surface area contributed by atoms with Crippen molar-refractivity contribution in [3.63, 3.8) is 0 Å². The Hall–Kier alpha value is -3.05. The minimum absolute atomic E-state index is 0.424. The predicted molar refractivity (Wildman–Crippen MR) is 106 cm³/mol. The summed E-state index contributed by atoms with van der Waals surface area (Å²) in [5.41, 5.74) is 0.711. The number of rotatable bonds is 7. The molecule has 3 heterocycles. The molecule has 0 spiro atoms. The Kier molecular flexibility index (Phi) is 5.17. The monoisotopic (exact) mass is 416 g/mol. The maximum absolute atomic E-state index is 6.20. The number of aromatic nitrogens is 5. The molecule has 9 nitrogen and oxygen atoms in total. The van der Waals surface area contributed by atoms with Crippen molar-refractivity contribution < 1.29 is 14.0 Å². The summed E-state index contributed by atoms with van der Waals surface area (Å²) >= 11 is 2.91. The second-order valence-corrected chi connectivity index (χ2v) is 7.41. The Morgan fingerprint density at radius 2 is 2.11 bits per heavy atom. The second-order valence-electron chi connectivity index (χ2n) is 5.52. The van der Waals surface area contributed by atoms with E-state index in [4.69, 9.17) is 19.8 Å². The minimum Gasteiger partial charge on any atom is -0.497 e. The summed E-state index contributed by atoms with van der Waals surface area (Å²) in [5.74, 6) is 9.42. The molecule has 0 radical (unpaired) electrons. The average molecular weight is 416 g/mol. The van der Waals surface area contributed by atoms with Crippen LogP contribution in [0.4, 0.5) is 0 Å². The zero-order chi connectivity index (χ0) is 19.5. The lowest BCUT2D eigenvalue weighted by atomic mass is 10.2. The molecule has 0 fully saturated rings. The van der Waals surface area contributed by atoms with Gasteiger partial charge in [0.2, 0.25) is 16.9 Å². The Labute approximate surface area is 168 Å². The van der Waals surface area contributed by atoms with Crippen LogP contribution < -0.4 is 15.3 Å². The number of nitrogens with two attached hydrogens (primary N) is 1. The van der Waals surface area contributed by atoms with Crippen molar-refractivity contribution in [1.82, 2.24) is 25.0 Å². The number of hydrogen-bond donors (Lipinski definition) is 1. The first-order chi connectivity index (χ1) is 13.7. The first kappa shape index (κ1) is 18.3. The molecule has 4 aromatic rings. The Bertz CT molecular complexity index is 1080. The lowest BCUT2D eigenvalue weighted by molar-refractivity contribution is 0.391. The quantitative estimate of drug-likeness (QED) is 0.358. The summed E-state index contributed by atoms with van der Waals surface area (Å²) in [5, 5.41) is 14.8. The van der Waals surface area contributed by atoms with Crippen LogP contribution in [-0.4, -0.2) is 39.2 Å². The number of thioether (sulfide) groups is 1. The average Bonchev–Trinajstić information content (AvgIpc) is 3.47. The van der Waals surface area contributed by atoms with Crippen LogP contribution in [-0.2, 0) is 5.75 Å². The largest absolute Gasteiger partial charge is 0.497 e. The normalized spacial score (nSPS) is 10.9. The fourth-order valence-corrected chi connectivity index (χ4v) is 3.83. The first-order valence-electron chi connectivity index (χ1n) is 8.11. The number of thiophene rings is 1. The van der Waals surface area contributed by atoms with Crippen molar-refractivity contribution in [3.05, 3.63) is 41.6 Å². The summed E-state index contributed by atoms with van der Waals surface area (Å²) in [6.07, 6.45) is 0. The van der Waals surface area contributed by atoms with Crippen LogP contribution in [0.1, 0.15) is 5.89 Å². The standard InChI is InChI=1S/C17H16N6O3S2/c1-24-10-5-6-11(12(8-10)25-2)16-20-21-17(23(16)18)28-9-14-19-15(22-26-14)13-4-3-7-27-13/h3-8H,9,18H2,1-2H3. The number of ether oxygens (including phenoxy) is 2. The van der Waals surface area contributed by atoms with Crippen molar-refractivity contribution in [2.24, 2.45) is 0 Å². The van der Waals surface area contributed by atoms with Crippen LogP contribution >= 0.6 is 23.1 Å². The minimum atomic E-state index is 0.424. The molecule has 0 atom stereocenters. The molecule has 0 bridgehead atoms. The topological polar surface area (TPSA) is 114 Å². The van der Waals surface area contributed by atoms with Crippen molar-refractivity contribution in [1.29, 1.82) is 0 Å². The van der Waals surface area contributed by atoms with Gasteiger partial charge in [0.05, 0.1) is 30.4 Å². The Morgan fingerprint density at radius 3 is 2.86 bits per heavy atom. The number of methoxy groups -OCH3 is 2. The number of hydrogen-bond acceptors (Lipinski definition) is 10. The molecular weight excluding hydrogens is 400 g/mol. The maximum atomic E-state index is 6.20. The molecule has 4 rings (SSSR count). The van der Waals surface area contributed by atoms with E-state index >= 15 is 0 Å². The molecule has 0 saturated carbocycles.